The van der Waals surface area contributed by atoms with E-state index in [2.05, 4.69) is 19.2 Å². The number of carboxylic acids is 1. The number of rotatable bonds is 5. The second-order valence-corrected chi connectivity index (χ2v) is 5.70. The molecule has 1 aliphatic carbocycles. The normalized spacial score (nSPS) is 23.9. The molecule has 1 amide bonds. The van der Waals surface area contributed by atoms with Crippen LogP contribution in [0.3, 0.4) is 0 Å². The van der Waals surface area contributed by atoms with E-state index in [1.54, 1.807) is 0 Å². The van der Waals surface area contributed by atoms with E-state index in [0.717, 1.165) is 6.42 Å². The second kappa shape index (κ2) is 4.44. The molecule has 92 valence electrons. The van der Waals surface area contributed by atoms with Crippen LogP contribution < -0.4 is 5.32 Å². The average Bonchev–Trinajstić information content (AvgIpc) is 2.73. The molecule has 0 spiro atoms. The molecule has 0 aromatic rings. The maximum atomic E-state index is 11.8. The number of aliphatic carboxylic acids is 1. The lowest BCUT2D eigenvalue weighted by atomic mass is 10.0. The monoisotopic (exact) mass is 227 g/mol. The van der Waals surface area contributed by atoms with Gasteiger partial charge >= 0.3 is 5.97 Å². The van der Waals surface area contributed by atoms with Gasteiger partial charge in [0.15, 0.2) is 0 Å². The van der Waals surface area contributed by atoms with Gasteiger partial charge in [0.25, 0.3) is 0 Å². The number of amides is 1. The molecule has 0 aliphatic heterocycles. The number of hydrogen-bond donors (Lipinski definition) is 2. The van der Waals surface area contributed by atoms with E-state index >= 15 is 0 Å². The third-order valence-electron chi connectivity index (χ3n) is 3.36. The number of hydrogen-bond acceptors (Lipinski definition) is 2. The lowest BCUT2D eigenvalue weighted by molar-refractivity contribution is -0.138. The van der Waals surface area contributed by atoms with Crippen molar-refractivity contribution in [3.8, 4) is 0 Å². The first-order valence-corrected chi connectivity index (χ1v) is 5.76. The maximum absolute atomic E-state index is 11.8. The summed E-state index contributed by atoms with van der Waals surface area (Å²) < 4.78 is 0. The molecule has 0 aromatic carbocycles. The van der Waals surface area contributed by atoms with Gasteiger partial charge in [0, 0.05) is 12.0 Å². The number of carboxylic acid groups (broad SMARTS) is 1. The van der Waals surface area contributed by atoms with Gasteiger partial charge < -0.3 is 10.4 Å². The molecule has 16 heavy (non-hydrogen) atoms. The Balaban J connectivity index is 2.49. The Morgan fingerprint density at radius 1 is 1.44 bits per heavy atom. The molecule has 1 aliphatic rings. The Morgan fingerprint density at radius 3 is 2.25 bits per heavy atom. The predicted octanol–water partition coefficient (Wildman–Crippen LogP) is 1.65. The second-order valence-electron chi connectivity index (χ2n) is 5.70. The summed E-state index contributed by atoms with van der Waals surface area (Å²) in [5, 5.41) is 11.6. The molecule has 1 fully saturated rings. The van der Waals surface area contributed by atoms with Crippen LogP contribution >= 0.6 is 0 Å². The number of nitrogens with one attached hydrogen (secondary N) is 1. The van der Waals surface area contributed by atoms with Gasteiger partial charge in [-0.05, 0) is 17.8 Å². The summed E-state index contributed by atoms with van der Waals surface area (Å²) >= 11 is 0. The minimum Gasteiger partial charge on any atom is -0.481 e. The molecular formula is C12H21NO3. The van der Waals surface area contributed by atoms with E-state index in [1.807, 2.05) is 13.8 Å². The molecule has 2 atom stereocenters. The summed E-state index contributed by atoms with van der Waals surface area (Å²) in [5.41, 5.74) is 0.0921. The lowest BCUT2D eigenvalue weighted by Crippen LogP contribution is -2.41. The van der Waals surface area contributed by atoms with E-state index in [1.165, 1.54) is 0 Å². The highest BCUT2D eigenvalue weighted by atomic mass is 16.4. The van der Waals surface area contributed by atoms with Crippen LogP contribution in [0.15, 0.2) is 0 Å². The van der Waals surface area contributed by atoms with E-state index in [-0.39, 0.29) is 35.6 Å². The Bertz CT molecular complexity index is 297. The van der Waals surface area contributed by atoms with Gasteiger partial charge in [0.05, 0.1) is 6.42 Å². The zero-order valence-electron chi connectivity index (χ0n) is 10.4. The van der Waals surface area contributed by atoms with E-state index in [4.69, 9.17) is 5.11 Å². The molecule has 2 N–H and O–H groups in total. The molecule has 1 rings (SSSR count). The zero-order chi connectivity index (χ0) is 12.5. The molecule has 0 heterocycles. The van der Waals surface area contributed by atoms with Crippen molar-refractivity contribution >= 4 is 11.9 Å². The van der Waals surface area contributed by atoms with Crippen LogP contribution in [0.1, 0.15) is 40.5 Å². The number of carbonyl (C=O) groups is 2. The third-order valence-corrected chi connectivity index (χ3v) is 3.36. The molecule has 0 radical (unpaired) electrons. The van der Waals surface area contributed by atoms with E-state index in [0.29, 0.717) is 0 Å². The fourth-order valence-corrected chi connectivity index (χ4v) is 1.84. The standard InChI is InChI=1S/C12H21NO3/c1-7(2)9(5-10(14)15)13-11(16)8-6-12(8,3)4/h7-9H,5-6H2,1-4H3,(H,13,16)(H,14,15). The van der Waals surface area contributed by atoms with Crippen molar-refractivity contribution in [1.82, 2.24) is 5.32 Å². The smallest absolute Gasteiger partial charge is 0.305 e. The SMILES string of the molecule is CC(C)C(CC(=O)O)NC(=O)C1CC1(C)C. The fraction of sp³-hybridized carbons (Fsp3) is 0.833. The molecule has 2 unspecified atom stereocenters. The van der Waals surface area contributed by atoms with Crippen molar-refractivity contribution in [1.29, 1.82) is 0 Å². The predicted molar refractivity (Wildman–Crippen MR) is 60.9 cm³/mol. The third kappa shape index (κ3) is 3.22. The average molecular weight is 227 g/mol. The Hall–Kier alpha value is -1.06. The first-order valence-electron chi connectivity index (χ1n) is 5.76. The maximum Gasteiger partial charge on any atom is 0.305 e. The van der Waals surface area contributed by atoms with Gasteiger partial charge in [0.1, 0.15) is 0 Å². The van der Waals surface area contributed by atoms with Crippen molar-refractivity contribution in [3.05, 3.63) is 0 Å². The molecule has 0 saturated heterocycles. The van der Waals surface area contributed by atoms with Crippen LogP contribution in [0.25, 0.3) is 0 Å². The largest absolute Gasteiger partial charge is 0.481 e. The van der Waals surface area contributed by atoms with Gasteiger partial charge in [-0.15, -0.1) is 0 Å². The van der Waals surface area contributed by atoms with Crippen LogP contribution in [0.5, 0.6) is 0 Å². The van der Waals surface area contributed by atoms with Crippen LogP contribution in [0, 0.1) is 17.3 Å². The highest BCUT2D eigenvalue weighted by molar-refractivity contribution is 5.83. The first kappa shape index (κ1) is 13.0. The molecule has 0 aromatic heterocycles. The van der Waals surface area contributed by atoms with Gasteiger partial charge in [0.2, 0.25) is 5.91 Å². The van der Waals surface area contributed by atoms with Crippen molar-refractivity contribution < 1.29 is 14.7 Å². The highest BCUT2D eigenvalue weighted by Gasteiger charge is 2.50. The quantitative estimate of drug-likeness (QED) is 0.750. The molecular weight excluding hydrogens is 206 g/mol. The topological polar surface area (TPSA) is 66.4 Å². The van der Waals surface area contributed by atoms with Gasteiger partial charge in [-0.2, -0.15) is 0 Å². The summed E-state index contributed by atoms with van der Waals surface area (Å²) in [6.07, 6.45) is 0.896. The Labute approximate surface area is 96.4 Å². The summed E-state index contributed by atoms with van der Waals surface area (Å²) in [6, 6.07) is -0.263. The van der Waals surface area contributed by atoms with Crippen LogP contribution in [0.4, 0.5) is 0 Å². The summed E-state index contributed by atoms with van der Waals surface area (Å²) in [5.74, 6) is -0.663. The minimum atomic E-state index is -0.867. The van der Waals surface area contributed by atoms with Crippen LogP contribution in [0.2, 0.25) is 0 Å². The lowest BCUT2D eigenvalue weighted by Gasteiger charge is -2.21. The van der Waals surface area contributed by atoms with Crippen molar-refractivity contribution in [2.75, 3.05) is 0 Å². The first-order chi connectivity index (χ1) is 7.24. The van der Waals surface area contributed by atoms with Gasteiger partial charge in [-0.3, -0.25) is 9.59 Å². The summed E-state index contributed by atoms with van der Waals surface area (Å²) in [4.78, 5) is 22.5. The summed E-state index contributed by atoms with van der Waals surface area (Å²) in [6.45, 7) is 7.95. The van der Waals surface area contributed by atoms with Gasteiger partial charge in [-0.1, -0.05) is 27.7 Å². The Morgan fingerprint density at radius 2 is 1.94 bits per heavy atom. The Kier molecular flexibility index (Phi) is 3.61. The van der Waals surface area contributed by atoms with Crippen LogP contribution in [-0.4, -0.2) is 23.0 Å². The zero-order valence-corrected chi connectivity index (χ0v) is 10.4. The van der Waals surface area contributed by atoms with E-state index < -0.39 is 5.97 Å². The molecule has 4 heteroatoms. The number of carbonyl (C=O) groups excluding carboxylic acids is 1. The highest BCUT2D eigenvalue weighted by Crippen LogP contribution is 2.51. The van der Waals surface area contributed by atoms with Crippen molar-refractivity contribution in [3.63, 3.8) is 0 Å². The van der Waals surface area contributed by atoms with Crippen molar-refractivity contribution in [2.24, 2.45) is 17.3 Å². The summed E-state index contributed by atoms with van der Waals surface area (Å²) in [7, 11) is 0. The van der Waals surface area contributed by atoms with Crippen molar-refractivity contribution in [2.45, 2.75) is 46.6 Å². The molecule has 4 nitrogen and oxygen atoms in total. The van der Waals surface area contributed by atoms with E-state index in [9.17, 15) is 9.59 Å². The van der Waals surface area contributed by atoms with Gasteiger partial charge in [-0.25, -0.2) is 0 Å². The fourth-order valence-electron chi connectivity index (χ4n) is 1.84. The minimum absolute atomic E-state index is 0.00342. The molecule has 1 saturated carbocycles. The van der Waals surface area contributed by atoms with Crippen LogP contribution in [-0.2, 0) is 9.59 Å². The molecule has 0 bridgehead atoms.